The Morgan fingerprint density at radius 1 is 0.958 bits per heavy atom. The second kappa shape index (κ2) is 7.77. The fourth-order valence-corrected chi connectivity index (χ4v) is 3.03. The quantitative estimate of drug-likeness (QED) is 0.694. The molecule has 0 aliphatic carbocycles. The maximum atomic E-state index is 12.3. The minimum absolute atomic E-state index is 0.427. The van der Waals surface area contributed by atoms with Gasteiger partial charge in [-0.3, -0.25) is 9.59 Å². The highest BCUT2D eigenvalue weighted by Gasteiger charge is 2.25. The van der Waals surface area contributed by atoms with Crippen LogP contribution in [0.4, 0.5) is 0 Å². The summed E-state index contributed by atoms with van der Waals surface area (Å²) in [6.07, 6.45) is 2.53. The van der Waals surface area contributed by atoms with Crippen LogP contribution in [0.25, 0.3) is 0 Å². The lowest BCUT2D eigenvalue weighted by Gasteiger charge is -2.28. The largest absolute Gasteiger partial charge is 0.348 e. The van der Waals surface area contributed by atoms with Gasteiger partial charge in [-0.15, -0.1) is 0 Å². The average Bonchev–Trinajstić information content (AvgIpc) is 2.65. The Hall–Kier alpha value is -2.62. The van der Waals surface area contributed by atoms with Crippen molar-refractivity contribution in [3.8, 4) is 0 Å². The van der Waals surface area contributed by atoms with E-state index in [1.807, 2.05) is 36.4 Å². The first kappa shape index (κ1) is 16.2. The minimum Gasteiger partial charge on any atom is -0.348 e. The lowest BCUT2D eigenvalue weighted by molar-refractivity contribution is -0.146. The molecule has 0 radical (unpaired) electrons. The number of carbonyl (C=O) groups is 2. The van der Waals surface area contributed by atoms with Crippen LogP contribution in [0.1, 0.15) is 23.1 Å². The summed E-state index contributed by atoms with van der Waals surface area (Å²) in [7, 11) is 0. The second-order valence-electron chi connectivity index (χ2n) is 6.09. The van der Waals surface area contributed by atoms with Crippen LogP contribution >= 0.6 is 0 Å². The van der Waals surface area contributed by atoms with Crippen molar-refractivity contribution in [2.45, 2.75) is 25.8 Å². The van der Waals surface area contributed by atoms with Gasteiger partial charge in [-0.05, 0) is 36.0 Å². The van der Waals surface area contributed by atoms with Gasteiger partial charge in [-0.1, -0.05) is 54.6 Å². The third kappa shape index (κ3) is 4.02. The van der Waals surface area contributed by atoms with E-state index in [1.54, 1.807) is 4.90 Å². The van der Waals surface area contributed by atoms with Gasteiger partial charge in [0.05, 0.1) is 0 Å². The molecule has 0 unspecified atom stereocenters. The Labute approximate surface area is 142 Å². The lowest BCUT2D eigenvalue weighted by atomic mass is 10.00. The van der Waals surface area contributed by atoms with Crippen molar-refractivity contribution in [2.75, 3.05) is 13.1 Å². The summed E-state index contributed by atoms with van der Waals surface area (Å²) in [5.74, 6) is -0.924. The van der Waals surface area contributed by atoms with Crippen molar-refractivity contribution in [1.82, 2.24) is 10.2 Å². The fourth-order valence-electron chi connectivity index (χ4n) is 3.03. The second-order valence-corrected chi connectivity index (χ2v) is 6.09. The van der Waals surface area contributed by atoms with Crippen LogP contribution in [0.5, 0.6) is 0 Å². The van der Waals surface area contributed by atoms with Crippen molar-refractivity contribution in [3.63, 3.8) is 0 Å². The number of benzene rings is 2. The highest BCUT2D eigenvalue weighted by molar-refractivity contribution is 6.35. The Morgan fingerprint density at radius 2 is 1.67 bits per heavy atom. The Morgan fingerprint density at radius 3 is 2.46 bits per heavy atom. The molecule has 124 valence electrons. The van der Waals surface area contributed by atoms with Gasteiger partial charge >= 0.3 is 11.8 Å². The molecule has 4 nitrogen and oxygen atoms in total. The van der Waals surface area contributed by atoms with Crippen LogP contribution < -0.4 is 5.32 Å². The van der Waals surface area contributed by atoms with E-state index >= 15 is 0 Å². The number of fused-ring (bicyclic) bond motifs is 1. The minimum atomic E-state index is -0.498. The molecule has 1 aliphatic rings. The van der Waals surface area contributed by atoms with E-state index in [-0.39, 0.29) is 0 Å². The monoisotopic (exact) mass is 322 g/mol. The van der Waals surface area contributed by atoms with E-state index in [1.165, 1.54) is 11.1 Å². The maximum Gasteiger partial charge on any atom is 0.312 e. The molecule has 2 aromatic carbocycles. The molecule has 0 bridgehead atoms. The van der Waals surface area contributed by atoms with Gasteiger partial charge in [-0.25, -0.2) is 0 Å². The molecule has 1 aliphatic heterocycles. The summed E-state index contributed by atoms with van der Waals surface area (Å²) in [5, 5.41) is 2.74. The molecule has 24 heavy (non-hydrogen) atoms. The van der Waals surface area contributed by atoms with Crippen LogP contribution in [-0.4, -0.2) is 29.8 Å². The van der Waals surface area contributed by atoms with Crippen LogP contribution in [0.2, 0.25) is 0 Å². The smallest absolute Gasteiger partial charge is 0.312 e. The lowest BCUT2D eigenvalue weighted by Crippen LogP contribution is -2.45. The zero-order chi connectivity index (χ0) is 16.8. The number of nitrogens with zero attached hydrogens (tertiary/aromatic N) is 1. The van der Waals surface area contributed by atoms with Crippen molar-refractivity contribution < 1.29 is 9.59 Å². The Bertz CT molecular complexity index is 713. The fraction of sp³-hybridized carbons (Fsp3) is 0.300. The summed E-state index contributed by atoms with van der Waals surface area (Å²) in [6, 6.07) is 18.2. The summed E-state index contributed by atoms with van der Waals surface area (Å²) in [5.41, 5.74) is 3.64. The van der Waals surface area contributed by atoms with Gasteiger partial charge < -0.3 is 10.2 Å². The van der Waals surface area contributed by atoms with Gasteiger partial charge in [-0.2, -0.15) is 0 Å². The first-order valence-electron chi connectivity index (χ1n) is 8.42. The molecule has 0 saturated carbocycles. The standard InChI is InChI=1S/C20H22N2O2/c23-19(21-13-6-9-16-7-2-1-3-8-16)20(24)22-14-12-17-10-4-5-11-18(17)15-22/h1-5,7-8,10-11H,6,9,12-15H2,(H,21,23). The number of nitrogens with one attached hydrogen (secondary N) is 1. The summed E-state index contributed by atoms with van der Waals surface area (Å²) in [4.78, 5) is 26.0. The number of hydrogen-bond acceptors (Lipinski definition) is 2. The summed E-state index contributed by atoms with van der Waals surface area (Å²) < 4.78 is 0. The zero-order valence-electron chi connectivity index (χ0n) is 13.7. The molecule has 0 spiro atoms. The van der Waals surface area contributed by atoms with Crippen LogP contribution in [0.3, 0.4) is 0 Å². The Balaban J connectivity index is 1.45. The van der Waals surface area contributed by atoms with Crippen LogP contribution in [-0.2, 0) is 29.0 Å². The maximum absolute atomic E-state index is 12.3. The molecule has 3 rings (SSSR count). The number of aryl methyl sites for hydroxylation is 1. The first-order valence-corrected chi connectivity index (χ1v) is 8.42. The van der Waals surface area contributed by atoms with E-state index < -0.39 is 11.8 Å². The molecule has 2 amide bonds. The zero-order valence-corrected chi connectivity index (χ0v) is 13.7. The topological polar surface area (TPSA) is 49.4 Å². The molecule has 0 aromatic heterocycles. The predicted molar refractivity (Wildman–Crippen MR) is 93.3 cm³/mol. The van der Waals surface area contributed by atoms with Gasteiger partial charge in [0.25, 0.3) is 0 Å². The molecule has 0 saturated heterocycles. The van der Waals surface area contributed by atoms with E-state index in [9.17, 15) is 9.59 Å². The summed E-state index contributed by atoms with van der Waals surface area (Å²) in [6.45, 7) is 1.64. The number of carbonyl (C=O) groups excluding carboxylic acids is 2. The summed E-state index contributed by atoms with van der Waals surface area (Å²) >= 11 is 0. The number of rotatable bonds is 4. The van der Waals surface area contributed by atoms with Crippen molar-refractivity contribution in [3.05, 3.63) is 71.3 Å². The predicted octanol–water partition coefficient (Wildman–Crippen LogP) is 2.32. The van der Waals surface area contributed by atoms with E-state index in [4.69, 9.17) is 0 Å². The van der Waals surface area contributed by atoms with Crippen LogP contribution in [0, 0.1) is 0 Å². The Kier molecular flexibility index (Phi) is 5.26. The molecule has 4 heteroatoms. The molecular formula is C20H22N2O2. The third-order valence-corrected chi connectivity index (χ3v) is 4.38. The third-order valence-electron chi connectivity index (χ3n) is 4.38. The normalized spacial score (nSPS) is 13.2. The average molecular weight is 322 g/mol. The SMILES string of the molecule is O=C(NCCCc1ccccc1)C(=O)N1CCc2ccccc2C1. The van der Waals surface area contributed by atoms with Gasteiger partial charge in [0.2, 0.25) is 0 Å². The first-order chi connectivity index (χ1) is 11.7. The van der Waals surface area contributed by atoms with E-state index in [2.05, 4.69) is 23.5 Å². The van der Waals surface area contributed by atoms with E-state index in [0.717, 1.165) is 24.8 Å². The molecular weight excluding hydrogens is 300 g/mol. The molecule has 1 heterocycles. The van der Waals surface area contributed by atoms with Gasteiger partial charge in [0.1, 0.15) is 0 Å². The van der Waals surface area contributed by atoms with Gasteiger partial charge in [0.15, 0.2) is 0 Å². The molecule has 0 atom stereocenters. The molecule has 2 aromatic rings. The van der Waals surface area contributed by atoms with Gasteiger partial charge in [0, 0.05) is 19.6 Å². The highest BCUT2D eigenvalue weighted by atomic mass is 16.2. The number of hydrogen-bond donors (Lipinski definition) is 1. The van der Waals surface area contributed by atoms with Crippen molar-refractivity contribution >= 4 is 11.8 Å². The molecule has 0 fully saturated rings. The molecule has 1 N–H and O–H groups in total. The van der Waals surface area contributed by atoms with Crippen LogP contribution in [0.15, 0.2) is 54.6 Å². The number of amides is 2. The van der Waals surface area contributed by atoms with E-state index in [0.29, 0.717) is 19.6 Å². The van der Waals surface area contributed by atoms with Crippen molar-refractivity contribution in [2.24, 2.45) is 0 Å². The highest BCUT2D eigenvalue weighted by Crippen LogP contribution is 2.18. The van der Waals surface area contributed by atoms with Crippen molar-refractivity contribution in [1.29, 1.82) is 0 Å².